The molecule has 0 atom stereocenters. The Morgan fingerprint density at radius 3 is 2.64 bits per heavy atom. The predicted octanol–water partition coefficient (Wildman–Crippen LogP) is 1.27. The number of hydrogen-bond acceptors (Lipinski definition) is 2. The van der Waals surface area contributed by atoms with E-state index in [1.54, 1.807) is 0 Å². The van der Waals surface area contributed by atoms with E-state index in [-0.39, 0.29) is 0 Å². The van der Waals surface area contributed by atoms with Crippen LogP contribution in [0.25, 0.3) is 0 Å². The minimum absolute atomic E-state index is 0.946. The molecule has 0 heterocycles. The smallest absolute Gasteiger partial charge is 0.0135 e. The van der Waals surface area contributed by atoms with Crippen molar-refractivity contribution in [1.82, 2.24) is 10.2 Å². The highest BCUT2D eigenvalue weighted by Crippen LogP contribution is 1.83. The van der Waals surface area contributed by atoms with Crippen molar-refractivity contribution in [3.63, 3.8) is 0 Å². The van der Waals surface area contributed by atoms with E-state index in [0.29, 0.717) is 0 Å². The zero-order chi connectivity index (χ0) is 8.53. The Balaban J connectivity index is 3.15. The molecule has 0 aliphatic rings. The topological polar surface area (TPSA) is 15.3 Å². The number of rotatable bonds is 6. The van der Waals surface area contributed by atoms with Gasteiger partial charge in [0.25, 0.3) is 0 Å². The van der Waals surface area contributed by atoms with E-state index in [9.17, 15) is 0 Å². The lowest BCUT2D eigenvalue weighted by Gasteiger charge is -2.19. The maximum absolute atomic E-state index is 3.84. The molecule has 66 valence electrons. The van der Waals surface area contributed by atoms with Crippen molar-refractivity contribution in [2.45, 2.75) is 13.8 Å². The van der Waals surface area contributed by atoms with Crippen LogP contribution in [-0.2, 0) is 0 Å². The standard InChI is InChI=1S/C9H19N2/c1-4-10-8-6-7-9-11(3)5-2/h6-7,10H,3-5,8-9H2,1-2H3/q-1/b7-6+. The Hall–Kier alpha value is -0.340. The minimum Gasteiger partial charge on any atom is -0.456 e. The highest BCUT2D eigenvalue weighted by Gasteiger charge is 1.79. The first-order valence-electron chi connectivity index (χ1n) is 4.22. The molecular weight excluding hydrogens is 136 g/mol. The molecule has 1 N–H and O–H groups in total. The Kier molecular flexibility index (Phi) is 7.52. The van der Waals surface area contributed by atoms with Crippen LogP contribution in [0.5, 0.6) is 0 Å². The van der Waals surface area contributed by atoms with Gasteiger partial charge in [0.2, 0.25) is 0 Å². The largest absolute Gasteiger partial charge is 0.456 e. The lowest BCUT2D eigenvalue weighted by Crippen LogP contribution is -2.15. The number of nitrogens with one attached hydrogen (secondary N) is 1. The molecular formula is C9H19N2-. The molecule has 0 saturated carbocycles. The lowest BCUT2D eigenvalue weighted by molar-refractivity contribution is 0.433. The second-order valence-electron chi connectivity index (χ2n) is 2.45. The van der Waals surface area contributed by atoms with Crippen LogP contribution in [0.15, 0.2) is 12.2 Å². The molecule has 0 aliphatic carbocycles. The molecule has 0 amide bonds. The molecule has 0 aliphatic heterocycles. The highest BCUT2D eigenvalue weighted by atomic mass is 15.1. The summed E-state index contributed by atoms with van der Waals surface area (Å²) in [5.41, 5.74) is 0. The van der Waals surface area contributed by atoms with Gasteiger partial charge >= 0.3 is 0 Å². The van der Waals surface area contributed by atoms with Gasteiger partial charge in [0.05, 0.1) is 0 Å². The van der Waals surface area contributed by atoms with Crippen LogP contribution in [0, 0.1) is 7.05 Å². The Morgan fingerprint density at radius 1 is 1.36 bits per heavy atom. The quantitative estimate of drug-likeness (QED) is 0.353. The van der Waals surface area contributed by atoms with Gasteiger partial charge in [0.1, 0.15) is 0 Å². The van der Waals surface area contributed by atoms with Crippen molar-refractivity contribution < 1.29 is 0 Å². The van der Waals surface area contributed by atoms with Gasteiger partial charge in [0, 0.05) is 6.54 Å². The summed E-state index contributed by atoms with van der Waals surface area (Å²) < 4.78 is 0. The summed E-state index contributed by atoms with van der Waals surface area (Å²) in [6, 6.07) is 0. The first-order chi connectivity index (χ1) is 5.31. The van der Waals surface area contributed by atoms with Crippen LogP contribution in [0.4, 0.5) is 0 Å². The first-order valence-corrected chi connectivity index (χ1v) is 4.22. The van der Waals surface area contributed by atoms with Crippen LogP contribution in [0.2, 0.25) is 0 Å². The average Bonchev–Trinajstić information content (AvgIpc) is 2.04. The summed E-state index contributed by atoms with van der Waals surface area (Å²) in [6.45, 7) is 8.16. The molecule has 0 radical (unpaired) electrons. The second kappa shape index (κ2) is 7.76. The fourth-order valence-corrected chi connectivity index (χ4v) is 0.664. The summed E-state index contributed by atoms with van der Waals surface area (Å²) in [7, 11) is 3.84. The van der Waals surface area contributed by atoms with Crippen molar-refractivity contribution in [2.24, 2.45) is 0 Å². The van der Waals surface area contributed by atoms with Crippen LogP contribution in [0.1, 0.15) is 13.8 Å². The van der Waals surface area contributed by atoms with E-state index in [1.165, 1.54) is 0 Å². The van der Waals surface area contributed by atoms with Crippen LogP contribution in [-0.4, -0.2) is 31.1 Å². The van der Waals surface area contributed by atoms with Crippen LogP contribution in [0.3, 0.4) is 0 Å². The maximum Gasteiger partial charge on any atom is 0.0135 e. The van der Waals surface area contributed by atoms with E-state index in [1.807, 2.05) is 4.90 Å². The van der Waals surface area contributed by atoms with Crippen LogP contribution < -0.4 is 5.32 Å². The van der Waals surface area contributed by atoms with Gasteiger partial charge in [-0.2, -0.15) is 0 Å². The van der Waals surface area contributed by atoms with Crippen molar-refractivity contribution in [3.8, 4) is 0 Å². The fraction of sp³-hybridized carbons (Fsp3) is 0.667. The third-order valence-corrected chi connectivity index (χ3v) is 1.49. The molecule has 0 unspecified atom stereocenters. The summed E-state index contributed by atoms with van der Waals surface area (Å²) in [6.07, 6.45) is 4.27. The summed E-state index contributed by atoms with van der Waals surface area (Å²) >= 11 is 0. The van der Waals surface area contributed by atoms with Crippen molar-refractivity contribution in [1.29, 1.82) is 0 Å². The van der Waals surface area contributed by atoms with E-state index in [0.717, 1.165) is 26.2 Å². The Labute approximate surface area is 70.3 Å². The summed E-state index contributed by atoms with van der Waals surface area (Å²) in [4.78, 5) is 2.02. The predicted molar refractivity (Wildman–Crippen MR) is 50.3 cm³/mol. The van der Waals surface area contributed by atoms with Gasteiger partial charge in [-0.3, -0.25) is 7.05 Å². The van der Waals surface area contributed by atoms with Gasteiger partial charge in [-0.15, -0.1) is 0 Å². The van der Waals surface area contributed by atoms with Crippen molar-refractivity contribution in [2.75, 3.05) is 26.2 Å². The highest BCUT2D eigenvalue weighted by molar-refractivity contribution is 4.86. The van der Waals surface area contributed by atoms with Gasteiger partial charge < -0.3 is 10.2 Å². The van der Waals surface area contributed by atoms with E-state index in [2.05, 4.69) is 38.4 Å². The fourth-order valence-electron chi connectivity index (χ4n) is 0.664. The van der Waals surface area contributed by atoms with Gasteiger partial charge in [0.15, 0.2) is 0 Å². The molecule has 0 fully saturated rings. The van der Waals surface area contributed by atoms with E-state index >= 15 is 0 Å². The molecule has 11 heavy (non-hydrogen) atoms. The zero-order valence-electron chi connectivity index (χ0n) is 7.64. The monoisotopic (exact) mass is 155 g/mol. The molecule has 0 aromatic heterocycles. The molecule has 2 nitrogen and oxygen atoms in total. The molecule has 0 aromatic carbocycles. The SMILES string of the molecule is [CH2-]N(CC)C/C=C/CNCC. The molecule has 0 saturated heterocycles. The number of likely N-dealkylation sites (N-methyl/N-ethyl adjacent to an activating group) is 2. The normalized spacial score (nSPS) is 11.6. The number of hydrogen-bond donors (Lipinski definition) is 1. The van der Waals surface area contributed by atoms with Gasteiger partial charge in [-0.25, -0.2) is 0 Å². The summed E-state index contributed by atoms with van der Waals surface area (Å²) in [5.74, 6) is 0. The Bertz CT molecular complexity index is 99.7. The molecule has 0 rings (SSSR count). The molecule has 0 aromatic rings. The van der Waals surface area contributed by atoms with Crippen molar-refractivity contribution in [3.05, 3.63) is 19.2 Å². The molecule has 2 heteroatoms. The van der Waals surface area contributed by atoms with Gasteiger partial charge in [-0.1, -0.05) is 26.0 Å². The maximum atomic E-state index is 3.84. The van der Waals surface area contributed by atoms with Gasteiger partial charge in [-0.05, 0) is 19.6 Å². The molecule has 0 bridgehead atoms. The Morgan fingerprint density at radius 2 is 2.09 bits per heavy atom. The minimum atomic E-state index is 0.946. The van der Waals surface area contributed by atoms with Crippen LogP contribution >= 0.6 is 0 Å². The van der Waals surface area contributed by atoms with Crippen molar-refractivity contribution >= 4 is 0 Å². The lowest BCUT2D eigenvalue weighted by atomic mass is 10.4. The first kappa shape index (κ1) is 10.7. The number of nitrogens with zero attached hydrogens (tertiary/aromatic N) is 1. The summed E-state index contributed by atoms with van der Waals surface area (Å²) in [5, 5.41) is 3.21. The third kappa shape index (κ3) is 7.56. The zero-order valence-corrected chi connectivity index (χ0v) is 7.64. The second-order valence-corrected chi connectivity index (χ2v) is 2.45. The third-order valence-electron chi connectivity index (χ3n) is 1.49. The van der Waals surface area contributed by atoms with E-state index in [4.69, 9.17) is 0 Å². The average molecular weight is 155 g/mol. The molecule has 0 spiro atoms. The van der Waals surface area contributed by atoms with E-state index < -0.39 is 0 Å².